The van der Waals surface area contributed by atoms with E-state index in [1.54, 1.807) is 59.2 Å². The van der Waals surface area contributed by atoms with Crippen molar-refractivity contribution in [3.05, 3.63) is 39.3 Å². The molecule has 15 heteroatoms. The summed E-state index contributed by atoms with van der Waals surface area (Å²) in [7, 11) is -2.51. The number of aliphatic hydroxyl groups is 1. The zero-order valence-corrected chi connectivity index (χ0v) is 29.2. The Hall–Kier alpha value is -3.43. The molecule has 0 aliphatic rings. The zero-order valence-electron chi connectivity index (χ0n) is 27.6. The van der Waals surface area contributed by atoms with Crippen LogP contribution < -0.4 is 25.8 Å². The Morgan fingerprint density at radius 3 is 2.40 bits per heavy atom. The maximum atomic E-state index is 13.4. The molecule has 2 rings (SSSR count). The van der Waals surface area contributed by atoms with Gasteiger partial charge in [-0.05, 0) is 83.1 Å². The Bertz CT molecular complexity index is 1440. The number of carbonyl (C=O) groups excluding carboxylic acids is 2. The molecule has 13 nitrogen and oxygen atoms in total. The first-order chi connectivity index (χ1) is 20.9. The SMILES string of the molecule is CCC(C)[C@H](NC(=O)OC(C)(C)C)C(=O)N[C@@H](CCCN=C(N)NS(=O)(=O)c1c(C)cc(OC)c(C)c1C)C(O)c1nccs1. The fraction of sp³-hybridized carbons (Fsp3) is 0.600. The lowest BCUT2D eigenvalue weighted by Crippen LogP contribution is -2.54. The number of guanidine groups is 1. The highest BCUT2D eigenvalue weighted by Crippen LogP contribution is 2.30. The molecule has 2 amide bonds. The lowest BCUT2D eigenvalue weighted by atomic mass is 9.97. The van der Waals surface area contributed by atoms with Crippen LogP contribution in [0.4, 0.5) is 4.79 Å². The number of hydrogen-bond acceptors (Lipinski definition) is 10. The lowest BCUT2D eigenvalue weighted by Gasteiger charge is -2.29. The zero-order chi connectivity index (χ0) is 34.1. The summed E-state index contributed by atoms with van der Waals surface area (Å²) in [4.78, 5) is 34.4. The van der Waals surface area contributed by atoms with E-state index in [4.69, 9.17) is 15.2 Å². The summed E-state index contributed by atoms with van der Waals surface area (Å²) in [5.74, 6) is -0.411. The molecule has 1 aromatic heterocycles. The average Bonchev–Trinajstić information content (AvgIpc) is 3.48. The number of aliphatic hydroxyl groups excluding tert-OH is 1. The summed E-state index contributed by atoms with van der Waals surface area (Å²) in [5, 5.41) is 18.7. The molecule has 1 aromatic carbocycles. The van der Waals surface area contributed by atoms with Gasteiger partial charge in [0.25, 0.3) is 10.0 Å². The fourth-order valence-electron chi connectivity index (χ4n) is 4.65. The number of aromatic nitrogens is 1. The standard InChI is InChI=1S/C30H48N6O7S2/c1-10-17(2)23(35-29(39)43-30(6,7)8)26(38)34-21(24(37)27-32-14-15-44-27)12-11-13-33-28(31)36-45(40,41)25-18(3)16-22(42-9)19(4)20(25)5/h14-17,21,23-24,37H,10-13H2,1-9H3,(H,34,38)(H,35,39)(H3,31,33,36)/t17?,21-,23-,24?/m0/s1. The highest BCUT2D eigenvalue weighted by Gasteiger charge is 2.32. The van der Waals surface area contributed by atoms with Crippen LogP contribution in [-0.2, 0) is 19.6 Å². The smallest absolute Gasteiger partial charge is 0.408 e. The van der Waals surface area contributed by atoms with E-state index >= 15 is 0 Å². The van der Waals surface area contributed by atoms with Gasteiger partial charge >= 0.3 is 6.09 Å². The van der Waals surface area contributed by atoms with Crippen LogP contribution in [0.2, 0.25) is 0 Å². The number of methoxy groups -OCH3 is 1. The van der Waals surface area contributed by atoms with Crippen molar-refractivity contribution in [3.63, 3.8) is 0 Å². The van der Waals surface area contributed by atoms with Gasteiger partial charge in [0.2, 0.25) is 11.9 Å². The van der Waals surface area contributed by atoms with Crippen molar-refractivity contribution in [1.82, 2.24) is 20.3 Å². The van der Waals surface area contributed by atoms with Crippen LogP contribution >= 0.6 is 11.3 Å². The third kappa shape index (κ3) is 10.9. The van der Waals surface area contributed by atoms with Gasteiger partial charge < -0.3 is 30.9 Å². The van der Waals surface area contributed by atoms with Gasteiger partial charge in [0.15, 0.2) is 0 Å². The number of aliphatic imine (C=N–C) groups is 1. The molecule has 45 heavy (non-hydrogen) atoms. The number of ether oxygens (including phenoxy) is 2. The molecule has 6 N–H and O–H groups in total. The van der Waals surface area contributed by atoms with E-state index < -0.39 is 45.8 Å². The summed E-state index contributed by atoms with van der Waals surface area (Å²) in [6.07, 6.45) is 0.903. The Labute approximate surface area is 270 Å². The van der Waals surface area contributed by atoms with E-state index in [0.29, 0.717) is 40.3 Å². The van der Waals surface area contributed by atoms with Gasteiger partial charge in [-0.1, -0.05) is 20.3 Å². The summed E-state index contributed by atoms with van der Waals surface area (Å²) < 4.78 is 39.4. The quantitative estimate of drug-likeness (QED) is 0.114. The van der Waals surface area contributed by atoms with Crippen molar-refractivity contribution in [2.45, 2.75) is 103 Å². The van der Waals surface area contributed by atoms with Crippen molar-refractivity contribution in [3.8, 4) is 5.75 Å². The maximum Gasteiger partial charge on any atom is 0.408 e. The van der Waals surface area contributed by atoms with Crippen LogP contribution in [0.5, 0.6) is 5.75 Å². The van der Waals surface area contributed by atoms with Gasteiger partial charge in [0.05, 0.1) is 18.0 Å². The van der Waals surface area contributed by atoms with E-state index in [9.17, 15) is 23.1 Å². The van der Waals surface area contributed by atoms with E-state index in [-0.39, 0.29) is 29.7 Å². The second-order valence-corrected chi connectivity index (χ2v) is 14.5. The summed E-state index contributed by atoms with van der Waals surface area (Å²) >= 11 is 1.24. The number of nitrogens with zero attached hydrogens (tertiary/aromatic N) is 2. The summed E-state index contributed by atoms with van der Waals surface area (Å²) in [5.41, 5.74) is 6.95. The van der Waals surface area contributed by atoms with Crippen LogP contribution in [-0.4, -0.2) is 67.8 Å². The van der Waals surface area contributed by atoms with Crippen LogP contribution in [0.3, 0.4) is 0 Å². The normalized spacial score (nSPS) is 15.0. The van der Waals surface area contributed by atoms with E-state index in [2.05, 4.69) is 25.3 Å². The fourth-order valence-corrected chi connectivity index (χ4v) is 6.82. The minimum Gasteiger partial charge on any atom is -0.496 e. The number of carbonyl (C=O) groups is 2. The van der Waals surface area contributed by atoms with Crippen molar-refractivity contribution >= 4 is 39.3 Å². The average molecular weight is 669 g/mol. The van der Waals surface area contributed by atoms with Gasteiger partial charge in [-0.3, -0.25) is 9.79 Å². The number of alkyl carbamates (subject to hydrolysis) is 1. The molecule has 0 bridgehead atoms. The van der Waals surface area contributed by atoms with Crippen molar-refractivity contribution < 1.29 is 32.6 Å². The molecule has 0 fully saturated rings. The molecule has 2 unspecified atom stereocenters. The third-order valence-electron chi connectivity index (χ3n) is 7.24. The topological polar surface area (TPSA) is 194 Å². The molecule has 2 aromatic rings. The number of aryl methyl sites for hydroxylation is 1. The Morgan fingerprint density at radius 1 is 1.18 bits per heavy atom. The second-order valence-electron chi connectivity index (χ2n) is 11.9. The lowest BCUT2D eigenvalue weighted by molar-refractivity contribution is -0.126. The van der Waals surface area contributed by atoms with Crippen LogP contribution in [0.15, 0.2) is 27.5 Å². The van der Waals surface area contributed by atoms with Crippen LogP contribution in [0.1, 0.15) is 81.7 Å². The Kier molecular flexibility index (Phi) is 13.6. The number of nitrogens with two attached hydrogens (primary N) is 1. The number of thiazole rings is 1. The minimum absolute atomic E-state index is 0.101. The van der Waals surface area contributed by atoms with Gasteiger partial charge in [-0.15, -0.1) is 11.3 Å². The van der Waals surface area contributed by atoms with Crippen LogP contribution in [0, 0.1) is 26.7 Å². The number of hydrogen-bond donors (Lipinski definition) is 5. The largest absolute Gasteiger partial charge is 0.496 e. The molecule has 4 atom stereocenters. The minimum atomic E-state index is -4.03. The number of benzene rings is 1. The molecular formula is C30H48N6O7S2. The number of rotatable bonds is 14. The van der Waals surface area contributed by atoms with E-state index in [1.807, 2.05) is 13.8 Å². The molecule has 0 aliphatic heterocycles. The molecule has 0 aliphatic carbocycles. The molecule has 0 radical (unpaired) electrons. The first-order valence-corrected chi connectivity index (χ1v) is 17.1. The van der Waals surface area contributed by atoms with Gasteiger partial charge in [0.1, 0.15) is 28.5 Å². The second kappa shape index (κ2) is 16.2. The van der Waals surface area contributed by atoms with E-state index in [1.165, 1.54) is 18.4 Å². The van der Waals surface area contributed by atoms with Gasteiger partial charge in [0, 0.05) is 18.1 Å². The third-order valence-corrected chi connectivity index (χ3v) is 9.73. The first-order valence-electron chi connectivity index (χ1n) is 14.8. The first kappa shape index (κ1) is 37.8. The molecular weight excluding hydrogens is 620 g/mol. The predicted molar refractivity (Wildman–Crippen MR) is 175 cm³/mol. The summed E-state index contributed by atoms with van der Waals surface area (Å²) in [6.45, 7) is 14.2. The molecule has 1 heterocycles. The number of sulfonamides is 1. The van der Waals surface area contributed by atoms with Crippen molar-refractivity contribution in [2.24, 2.45) is 16.6 Å². The summed E-state index contributed by atoms with van der Waals surface area (Å²) in [6, 6.07) is -0.0369. The number of amides is 2. The van der Waals surface area contributed by atoms with Crippen LogP contribution in [0.25, 0.3) is 0 Å². The Balaban J connectivity index is 2.16. The molecule has 252 valence electrons. The highest BCUT2D eigenvalue weighted by molar-refractivity contribution is 7.90. The van der Waals surface area contributed by atoms with Gasteiger partial charge in [-0.2, -0.15) is 0 Å². The van der Waals surface area contributed by atoms with Crippen molar-refractivity contribution in [1.29, 1.82) is 0 Å². The predicted octanol–water partition coefficient (Wildman–Crippen LogP) is 3.61. The monoisotopic (exact) mass is 668 g/mol. The van der Waals surface area contributed by atoms with Gasteiger partial charge in [-0.25, -0.2) is 22.9 Å². The maximum absolute atomic E-state index is 13.4. The Morgan fingerprint density at radius 2 is 1.84 bits per heavy atom. The number of nitrogens with one attached hydrogen (secondary N) is 3. The highest BCUT2D eigenvalue weighted by atomic mass is 32.2. The molecule has 0 saturated heterocycles. The molecule has 0 spiro atoms. The van der Waals surface area contributed by atoms with Crippen molar-refractivity contribution in [2.75, 3.05) is 13.7 Å². The molecule has 0 saturated carbocycles. The van der Waals surface area contributed by atoms with E-state index in [0.717, 1.165) is 0 Å².